The van der Waals surface area contributed by atoms with E-state index in [1.807, 2.05) is 18.2 Å². The Kier molecular flexibility index (Phi) is 8.97. The van der Waals surface area contributed by atoms with Crippen LogP contribution in [-0.4, -0.2) is 33.9 Å². The maximum Gasteiger partial charge on any atom is 0.231 e. The van der Waals surface area contributed by atoms with Gasteiger partial charge in [-0.2, -0.15) is 0 Å². The first kappa shape index (κ1) is 28.2. The molecule has 0 unspecified atom stereocenters. The number of ether oxygens (including phenoxy) is 4. The third-order valence-corrected chi connectivity index (χ3v) is 7.70. The van der Waals surface area contributed by atoms with E-state index >= 15 is 0 Å². The molecule has 0 saturated heterocycles. The molecule has 2 aliphatic heterocycles. The van der Waals surface area contributed by atoms with Crippen LogP contribution in [0.25, 0.3) is 17.5 Å². The first-order valence-electron chi connectivity index (χ1n) is 14.6. The fourth-order valence-corrected chi connectivity index (χ4v) is 5.53. The van der Waals surface area contributed by atoms with E-state index in [9.17, 15) is 0 Å². The quantitative estimate of drug-likeness (QED) is 0.150. The predicted octanol–water partition coefficient (Wildman–Crippen LogP) is 7.65. The molecule has 218 valence electrons. The summed E-state index contributed by atoms with van der Waals surface area (Å²) >= 11 is 6.03. The van der Waals surface area contributed by atoms with Crippen molar-refractivity contribution in [1.29, 1.82) is 0 Å². The Morgan fingerprint density at radius 3 is 2.10 bits per heavy atom. The van der Waals surface area contributed by atoms with Crippen LogP contribution in [0.15, 0.2) is 72.8 Å². The van der Waals surface area contributed by atoms with Crippen molar-refractivity contribution in [2.45, 2.75) is 52.4 Å². The van der Waals surface area contributed by atoms with E-state index in [0.717, 1.165) is 90.1 Å². The summed E-state index contributed by atoms with van der Waals surface area (Å²) in [5.41, 5.74) is 5.60. The molecule has 6 rings (SSSR count). The van der Waals surface area contributed by atoms with Gasteiger partial charge in [0.25, 0.3) is 0 Å². The van der Waals surface area contributed by atoms with Crippen LogP contribution in [0.4, 0.5) is 0 Å². The van der Waals surface area contributed by atoms with Gasteiger partial charge in [-0.3, -0.25) is 4.90 Å². The van der Waals surface area contributed by atoms with Crippen LogP contribution < -0.4 is 18.9 Å². The first-order valence-corrected chi connectivity index (χ1v) is 15.1. The average molecular weight is 586 g/mol. The zero-order valence-electron chi connectivity index (χ0n) is 23.9. The number of hydrogen-bond donors (Lipinski definition) is 0. The molecule has 0 N–H and O–H groups in total. The summed E-state index contributed by atoms with van der Waals surface area (Å²) in [6, 6.07) is 22.9. The highest BCUT2D eigenvalue weighted by atomic mass is 35.5. The number of allylic oxidation sites excluding steroid dienone is 1. The average Bonchev–Trinajstić information content (AvgIpc) is 3.75. The molecule has 0 saturated carbocycles. The molecule has 0 spiro atoms. The number of halogens is 1. The lowest BCUT2D eigenvalue weighted by atomic mass is 10.1. The molecule has 3 heterocycles. The van der Waals surface area contributed by atoms with Crippen LogP contribution in [0.5, 0.6) is 23.0 Å². The van der Waals surface area contributed by atoms with Crippen molar-refractivity contribution in [3.63, 3.8) is 0 Å². The summed E-state index contributed by atoms with van der Waals surface area (Å²) in [6.45, 7) is 5.78. The third kappa shape index (κ3) is 6.42. The number of fused-ring (bicyclic) bond motifs is 2. The van der Waals surface area contributed by atoms with Gasteiger partial charge in [-0.05, 0) is 54.3 Å². The van der Waals surface area contributed by atoms with E-state index in [2.05, 4.69) is 77.1 Å². The number of alkyl halides is 1. The van der Waals surface area contributed by atoms with Gasteiger partial charge in [0, 0.05) is 37.6 Å². The summed E-state index contributed by atoms with van der Waals surface area (Å²) in [5.74, 6) is 4.74. The minimum Gasteiger partial charge on any atom is -0.454 e. The number of imidazole rings is 1. The lowest BCUT2D eigenvalue weighted by molar-refractivity contribution is 0.173. The Balaban J connectivity index is 1.39. The van der Waals surface area contributed by atoms with Crippen molar-refractivity contribution in [2.24, 2.45) is 0 Å². The van der Waals surface area contributed by atoms with E-state index in [4.69, 9.17) is 35.5 Å². The standard InChI is InChI=1S/C34H36ClN3O4/c1-2-3-17-38-29(28(11-7-8-16-35)36-34(38)27-9-5-4-6-10-27)22-37(20-25-12-14-30-32(18-25)41-23-39-30)21-26-13-15-31-33(19-26)42-24-40-31/h4-7,9-15,18-19H,2-3,8,16-17,20-24H2,1H3/b11-7-. The second kappa shape index (κ2) is 13.4. The predicted molar refractivity (Wildman–Crippen MR) is 165 cm³/mol. The van der Waals surface area contributed by atoms with Gasteiger partial charge in [-0.1, -0.05) is 61.9 Å². The summed E-state index contributed by atoms with van der Waals surface area (Å²) < 4.78 is 24.9. The maximum atomic E-state index is 6.03. The van der Waals surface area contributed by atoms with E-state index in [1.165, 1.54) is 5.69 Å². The fraction of sp³-hybridized carbons (Fsp3) is 0.324. The van der Waals surface area contributed by atoms with Gasteiger partial charge < -0.3 is 23.5 Å². The van der Waals surface area contributed by atoms with Crippen LogP contribution in [0.3, 0.4) is 0 Å². The van der Waals surface area contributed by atoms with E-state index in [-0.39, 0.29) is 13.6 Å². The van der Waals surface area contributed by atoms with Gasteiger partial charge in [0.15, 0.2) is 23.0 Å². The van der Waals surface area contributed by atoms with Crippen molar-refractivity contribution in [1.82, 2.24) is 14.5 Å². The van der Waals surface area contributed by atoms with Gasteiger partial charge in [-0.15, -0.1) is 11.6 Å². The molecule has 8 heteroatoms. The normalized spacial score (nSPS) is 13.5. The molecule has 2 aliphatic rings. The first-order chi connectivity index (χ1) is 20.7. The molecule has 4 aromatic rings. The molecule has 42 heavy (non-hydrogen) atoms. The number of benzene rings is 3. The zero-order valence-corrected chi connectivity index (χ0v) is 24.7. The third-order valence-electron chi connectivity index (χ3n) is 7.48. The van der Waals surface area contributed by atoms with Gasteiger partial charge in [0.05, 0.1) is 11.4 Å². The van der Waals surface area contributed by atoms with Crippen molar-refractivity contribution >= 4 is 17.7 Å². The monoisotopic (exact) mass is 585 g/mol. The van der Waals surface area contributed by atoms with Crippen molar-refractivity contribution in [3.8, 4) is 34.4 Å². The molecular formula is C34H36ClN3O4. The Morgan fingerprint density at radius 2 is 1.48 bits per heavy atom. The van der Waals surface area contributed by atoms with Crippen LogP contribution in [-0.2, 0) is 26.2 Å². The van der Waals surface area contributed by atoms with Crippen molar-refractivity contribution in [2.75, 3.05) is 19.5 Å². The summed E-state index contributed by atoms with van der Waals surface area (Å²) in [5, 5.41) is 0. The molecule has 1 aromatic heterocycles. The van der Waals surface area contributed by atoms with Gasteiger partial charge in [0.2, 0.25) is 13.6 Å². The summed E-state index contributed by atoms with van der Waals surface area (Å²) in [6.07, 6.45) is 7.21. The SMILES string of the molecule is CCCCn1c(-c2ccccc2)nc(/C=C\CCCl)c1CN(Cc1ccc2c(c1)OCO2)Cc1ccc2c(c1)OCO2. The lowest BCUT2D eigenvalue weighted by Gasteiger charge is -2.24. The topological polar surface area (TPSA) is 58.0 Å². The highest BCUT2D eigenvalue weighted by molar-refractivity contribution is 6.17. The van der Waals surface area contributed by atoms with Gasteiger partial charge >= 0.3 is 0 Å². The minimum atomic E-state index is 0.260. The molecule has 7 nitrogen and oxygen atoms in total. The van der Waals surface area contributed by atoms with Crippen molar-refractivity contribution < 1.29 is 18.9 Å². The number of rotatable bonds is 13. The lowest BCUT2D eigenvalue weighted by Crippen LogP contribution is -2.24. The summed E-state index contributed by atoms with van der Waals surface area (Å²) in [7, 11) is 0. The number of hydrogen-bond acceptors (Lipinski definition) is 6. The second-order valence-electron chi connectivity index (χ2n) is 10.5. The van der Waals surface area contributed by atoms with Crippen LogP contribution in [0, 0.1) is 0 Å². The number of aromatic nitrogens is 2. The fourth-order valence-electron chi connectivity index (χ4n) is 5.40. The molecule has 0 bridgehead atoms. The van der Waals surface area contributed by atoms with Crippen LogP contribution in [0.1, 0.15) is 48.7 Å². The maximum absolute atomic E-state index is 6.03. The number of unbranched alkanes of at least 4 members (excludes halogenated alkanes) is 1. The molecule has 3 aromatic carbocycles. The van der Waals surface area contributed by atoms with Crippen LogP contribution >= 0.6 is 11.6 Å². The van der Waals surface area contributed by atoms with Gasteiger partial charge in [-0.25, -0.2) is 4.98 Å². The second-order valence-corrected chi connectivity index (χ2v) is 10.9. The van der Waals surface area contributed by atoms with Crippen LogP contribution in [0.2, 0.25) is 0 Å². The number of nitrogens with zero attached hydrogens (tertiary/aromatic N) is 3. The zero-order chi connectivity index (χ0) is 28.7. The molecule has 0 atom stereocenters. The van der Waals surface area contributed by atoms with E-state index in [1.54, 1.807) is 0 Å². The van der Waals surface area contributed by atoms with E-state index in [0.29, 0.717) is 12.4 Å². The molecule has 0 aliphatic carbocycles. The molecule has 0 radical (unpaired) electrons. The highest BCUT2D eigenvalue weighted by Gasteiger charge is 2.22. The Bertz CT molecular complexity index is 1480. The molecule has 0 amide bonds. The van der Waals surface area contributed by atoms with E-state index < -0.39 is 0 Å². The minimum absolute atomic E-state index is 0.260. The summed E-state index contributed by atoms with van der Waals surface area (Å²) in [4.78, 5) is 7.65. The highest BCUT2D eigenvalue weighted by Crippen LogP contribution is 2.35. The largest absolute Gasteiger partial charge is 0.454 e. The van der Waals surface area contributed by atoms with Crippen molar-refractivity contribution in [3.05, 3.63) is 95.3 Å². The molecule has 0 fully saturated rings. The Morgan fingerprint density at radius 1 is 0.833 bits per heavy atom. The van der Waals surface area contributed by atoms with Gasteiger partial charge in [0.1, 0.15) is 5.82 Å². The molecular weight excluding hydrogens is 550 g/mol. The smallest absolute Gasteiger partial charge is 0.231 e. The Labute approximate surface area is 252 Å². The Hall–Kier alpha value is -3.94.